The average Bonchev–Trinajstić information content (AvgIpc) is 2.51. The summed E-state index contributed by atoms with van der Waals surface area (Å²) in [4.78, 5) is 12.2. The number of carbonyl (C=O) groups is 1. The number of benzene rings is 1. The highest BCUT2D eigenvalue weighted by molar-refractivity contribution is 7.89. The van der Waals surface area contributed by atoms with E-state index in [1.807, 2.05) is 14.0 Å². The lowest BCUT2D eigenvalue weighted by molar-refractivity contribution is 0.0950. The van der Waals surface area contributed by atoms with Gasteiger partial charge >= 0.3 is 0 Å². The second kappa shape index (κ2) is 7.71. The lowest BCUT2D eigenvalue weighted by atomic mass is 10.2. The normalized spacial score (nSPS) is 13.4. The van der Waals surface area contributed by atoms with E-state index < -0.39 is 10.0 Å². The van der Waals surface area contributed by atoms with Gasteiger partial charge in [0.1, 0.15) is 0 Å². The molecule has 1 aromatic carbocycles. The summed E-state index contributed by atoms with van der Waals surface area (Å²) in [6.07, 6.45) is 0. The van der Waals surface area contributed by atoms with Gasteiger partial charge in [-0.2, -0.15) is 4.31 Å². The van der Waals surface area contributed by atoms with Crippen LogP contribution in [-0.4, -0.2) is 51.4 Å². The summed E-state index contributed by atoms with van der Waals surface area (Å²) in [6.45, 7) is 6.01. The van der Waals surface area contributed by atoms with Crippen LogP contribution in [0.4, 0.5) is 0 Å². The number of likely N-dealkylation sites (N-methyl/N-ethyl adjacent to an activating group) is 1. The maximum Gasteiger partial charge on any atom is 0.251 e. The molecule has 1 aromatic rings. The van der Waals surface area contributed by atoms with Crippen LogP contribution in [0.5, 0.6) is 0 Å². The molecule has 0 aromatic heterocycles. The third-order valence-corrected chi connectivity index (χ3v) is 5.59. The van der Waals surface area contributed by atoms with Crippen LogP contribution in [0.1, 0.15) is 31.1 Å². The molecule has 0 bridgehead atoms. The molecule has 0 saturated carbocycles. The first-order chi connectivity index (χ1) is 10.2. The SMILES string of the molecule is CNC(C)CNC(=O)c1cccc(S(=O)(=O)N(C)C(C)C)c1. The Hall–Kier alpha value is -1.44. The van der Waals surface area contributed by atoms with Crippen LogP contribution in [0.25, 0.3) is 0 Å². The Morgan fingerprint density at radius 2 is 1.91 bits per heavy atom. The van der Waals surface area contributed by atoms with E-state index in [0.29, 0.717) is 12.1 Å². The highest BCUT2D eigenvalue weighted by atomic mass is 32.2. The van der Waals surface area contributed by atoms with Crippen molar-refractivity contribution >= 4 is 15.9 Å². The minimum atomic E-state index is -3.59. The van der Waals surface area contributed by atoms with E-state index in [0.717, 1.165) is 0 Å². The van der Waals surface area contributed by atoms with Gasteiger partial charge in [0, 0.05) is 31.2 Å². The van der Waals surface area contributed by atoms with E-state index in [9.17, 15) is 13.2 Å². The van der Waals surface area contributed by atoms with Crippen molar-refractivity contribution in [2.24, 2.45) is 0 Å². The summed E-state index contributed by atoms with van der Waals surface area (Å²) in [7, 11) is -0.249. The lowest BCUT2D eigenvalue weighted by Crippen LogP contribution is -2.37. The zero-order valence-electron chi connectivity index (χ0n) is 13.8. The zero-order valence-corrected chi connectivity index (χ0v) is 14.6. The summed E-state index contributed by atoms with van der Waals surface area (Å²) in [5, 5.41) is 5.79. The molecule has 0 aliphatic heterocycles. The number of rotatable bonds is 7. The molecule has 0 heterocycles. The van der Waals surface area contributed by atoms with Crippen molar-refractivity contribution in [3.63, 3.8) is 0 Å². The first kappa shape index (κ1) is 18.6. The van der Waals surface area contributed by atoms with Gasteiger partial charge in [0.15, 0.2) is 0 Å². The molecule has 22 heavy (non-hydrogen) atoms. The number of carbonyl (C=O) groups excluding carboxylic acids is 1. The molecular formula is C15H25N3O3S. The molecule has 6 nitrogen and oxygen atoms in total. The van der Waals surface area contributed by atoms with Crippen LogP contribution in [0.3, 0.4) is 0 Å². The van der Waals surface area contributed by atoms with Gasteiger partial charge in [-0.1, -0.05) is 6.07 Å². The van der Waals surface area contributed by atoms with Gasteiger partial charge in [0.2, 0.25) is 10.0 Å². The van der Waals surface area contributed by atoms with Crippen LogP contribution in [0.15, 0.2) is 29.2 Å². The van der Waals surface area contributed by atoms with E-state index >= 15 is 0 Å². The third kappa shape index (κ3) is 4.53. The zero-order chi connectivity index (χ0) is 16.9. The van der Waals surface area contributed by atoms with Gasteiger partial charge in [-0.3, -0.25) is 4.79 Å². The summed E-state index contributed by atoms with van der Waals surface area (Å²) >= 11 is 0. The van der Waals surface area contributed by atoms with Crippen molar-refractivity contribution in [2.45, 2.75) is 37.8 Å². The Bertz CT molecular complexity index is 614. The Kier molecular flexibility index (Phi) is 6.52. The first-order valence-corrected chi connectivity index (χ1v) is 8.67. The topological polar surface area (TPSA) is 78.5 Å². The summed E-state index contributed by atoms with van der Waals surface area (Å²) in [5.41, 5.74) is 0.335. The van der Waals surface area contributed by atoms with Crippen molar-refractivity contribution < 1.29 is 13.2 Å². The summed E-state index contributed by atoms with van der Waals surface area (Å²) in [5.74, 6) is -0.286. The molecule has 7 heteroatoms. The molecule has 1 amide bonds. The maximum atomic E-state index is 12.4. The van der Waals surface area contributed by atoms with Crippen molar-refractivity contribution in [1.82, 2.24) is 14.9 Å². The molecule has 0 radical (unpaired) electrons. The highest BCUT2D eigenvalue weighted by Crippen LogP contribution is 2.17. The van der Waals surface area contributed by atoms with Crippen LogP contribution >= 0.6 is 0 Å². The number of amides is 1. The highest BCUT2D eigenvalue weighted by Gasteiger charge is 2.23. The fraction of sp³-hybridized carbons (Fsp3) is 0.533. The molecule has 2 N–H and O–H groups in total. The van der Waals surface area contributed by atoms with Crippen LogP contribution in [0, 0.1) is 0 Å². The van der Waals surface area contributed by atoms with Crippen LogP contribution in [-0.2, 0) is 10.0 Å². The smallest absolute Gasteiger partial charge is 0.251 e. The van der Waals surface area contributed by atoms with E-state index in [2.05, 4.69) is 10.6 Å². The number of hydrogen-bond acceptors (Lipinski definition) is 4. The van der Waals surface area contributed by atoms with E-state index in [-0.39, 0.29) is 22.9 Å². The van der Waals surface area contributed by atoms with Gasteiger partial charge in [0.05, 0.1) is 4.90 Å². The lowest BCUT2D eigenvalue weighted by Gasteiger charge is -2.21. The summed E-state index contributed by atoms with van der Waals surface area (Å²) in [6, 6.07) is 6.09. The van der Waals surface area contributed by atoms with E-state index in [1.165, 1.54) is 23.5 Å². The number of hydrogen-bond donors (Lipinski definition) is 2. The maximum absolute atomic E-state index is 12.4. The number of nitrogens with one attached hydrogen (secondary N) is 2. The van der Waals surface area contributed by atoms with Crippen molar-refractivity contribution in [3.05, 3.63) is 29.8 Å². The van der Waals surface area contributed by atoms with Crippen LogP contribution in [0.2, 0.25) is 0 Å². The summed E-state index contributed by atoms with van der Waals surface area (Å²) < 4.78 is 26.2. The van der Waals surface area contributed by atoms with E-state index in [4.69, 9.17) is 0 Å². The van der Waals surface area contributed by atoms with Gasteiger partial charge < -0.3 is 10.6 Å². The minimum absolute atomic E-state index is 0.123. The molecule has 124 valence electrons. The molecule has 1 unspecified atom stereocenters. The molecule has 0 aliphatic rings. The second-order valence-electron chi connectivity index (χ2n) is 5.54. The van der Waals surface area contributed by atoms with Crippen LogP contribution < -0.4 is 10.6 Å². The fourth-order valence-electron chi connectivity index (χ4n) is 1.69. The molecule has 0 spiro atoms. The molecule has 1 rings (SSSR count). The van der Waals surface area contributed by atoms with Gasteiger partial charge in [-0.15, -0.1) is 0 Å². The molecular weight excluding hydrogens is 302 g/mol. The van der Waals surface area contributed by atoms with Gasteiger partial charge in [0.25, 0.3) is 5.91 Å². The Balaban J connectivity index is 2.97. The molecule has 0 fully saturated rings. The molecule has 0 saturated heterocycles. The predicted molar refractivity (Wildman–Crippen MR) is 87.4 cm³/mol. The molecule has 1 atom stereocenters. The predicted octanol–water partition coefficient (Wildman–Crippen LogP) is 1.05. The minimum Gasteiger partial charge on any atom is -0.350 e. The molecule has 0 aliphatic carbocycles. The fourth-order valence-corrected chi connectivity index (χ4v) is 3.11. The monoisotopic (exact) mass is 327 g/mol. The van der Waals surface area contributed by atoms with Crippen molar-refractivity contribution in [1.29, 1.82) is 0 Å². The largest absolute Gasteiger partial charge is 0.350 e. The van der Waals surface area contributed by atoms with Gasteiger partial charge in [-0.25, -0.2) is 8.42 Å². The third-order valence-electron chi connectivity index (χ3n) is 3.56. The van der Waals surface area contributed by atoms with Gasteiger partial charge in [-0.05, 0) is 46.0 Å². The Labute approximate surface area is 132 Å². The number of sulfonamides is 1. The van der Waals surface area contributed by atoms with Crippen molar-refractivity contribution in [2.75, 3.05) is 20.6 Å². The first-order valence-electron chi connectivity index (χ1n) is 7.23. The average molecular weight is 327 g/mol. The standard InChI is InChI=1S/C15H25N3O3S/c1-11(2)18(5)22(20,21)14-8-6-7-13(9-14)15(19)17-10-12(3)16-4/h6-9,11-12,16H,10H2,1-5H3,(H,17,19). The second-order valence-corrected chi connectivity index (χ2v) is 7.54. The van der Waals surface area contributed by atoms with Crippen molar-refractivity contribution in [3.8, 4) is 0 Å². The quantitative estimate of drug-likeness (QED) is 0.785. The Morgan fingerprint density at radius 3 is 2.45 bits per heavy atom. The Morgan fingerprint density at radius 1 is 1.27 bits per heavy atom. The van der Waals surface area contributed by atoms with E-state index in [1.54, 1.807) is 26.0 Å². The number of nitrogens with zero attached hydrogens (tertiary/aromatic N) is 1.